The molecule has 2 heterocycles. The zero-order valence-corrected chi connectivity index (χ0v) is 11.7. The second kappa shape index (κ2) is 4.02. The Kier molecular flexibility index (Phi) is 2.66. The molecule has 0 saturated carbocycles. The Balaban J connectivity index is 1.98. The molecule has 0 N–H and O–H groups in total. The van der Waals surface area contributed by atoms with Crippen LogP contribution in [0.3, 0.4) is 0 Å². The van der Waals surface area contributed by atoms with Gasteiger partial charge in [0.25, 0.3) is 0 Å². The zero-order chi connectivity index (χ0) is 13.7. The van der Waals surface area contributed by atoms with Crippen molar-refractivity contribution in [1.29, 1.82) is 0 Å². The van der Waals surface area contributed by atoms with Crippen LogP contribution in [0.25, 0.3) is 10.9 Å². The molecule has 1 fully saturated rings. The third kappa shape index (κ3) is 2.03. The third-order valence-corrected chi connectivity index (χ3v) is 4.06. The van der Waals surface area contributed by atoms with Crippen molar-refractivity contribution in [2.24, 2.45) is 0 Å². The number of aromatic nitrogens is 2. The molecule has 0 aliphatic carbocycles. The zero-order valence-electron chi connectivity index (χ0n) is 11.7. The molecular formula is C14H17BN2O2. The second-order valence-electron chi connectivity index (χ2n) is 5.93. The summed E-state index contributed by atoms with van der Waals surface area (Å²) in [6.07, 6.45) is 3.35. The van der Waals surface area contributed by atoms with Crippen molar-refractivity contribution in [1.82, 2.24) is 9.97 Å². The van der Waals surface area contributed by atoms with Crippen LogP contribution >= 0.6 is 0 Å². The molecule has 5 heteroatoms. The van der Waals surface area contributed by atoms with Gasteiger partial charge in [0.2, 0.25) is 0 Å². The minimum Gasteiger partial charge on any atom is -0.399 e. The summed E-state index contributed by atoms with van der Waals surface area (Å²) in [5.41, 5.74) is 1.25. The first-order chi connectivity index (χ1) is 8.89. The van der Waals surface area contributed by atoms with Crippen LogP contribution in [0.1, 0.15) is 27.7 Å². The van der Waals surface area contributed by atoms with Gasteiger partial charge >= 0.3 is 7.12 Å². The molecule has 0 amide bonds. The fourth-order valence-electron chi connectivity index (χ4n) is 2.12. The topological polar surface area (TPSA) is 44.2 Å². The number of fused-ring (bicyclic) bond motifs is 1. The second-order valence-corrected chi connectivity index (χ2v) is 5.93. The summed E-state index contributed by atoms with van der Waals surface area (Å²) >= 11 is 0. The number of benzene rings is 1. The average molecular weight is 256 g/mol. The molecule has 1 aliphatic rings. The SMILES string of the molecule is CC1(C)OB(c2ccc3cncnc3c2)OC1(C)C. The van der Waals surface area contributed by atoms with Crippen molar-refractivity contribution < 1.29 is 9.31 Å². The predicted molar refractivity (Wildman–Crippen MR) is 75.3 cm³/mol. The molecule has 1 aromatic heterocycles. The lowest BCUT2D eigenvalue weighted by Gasteiger charge is -2.32. The largest absolute Gasteiger partial charge is 0.494 e. The van der Waals surface area contributed by atoms with Crippen LogP contribution in [-0.4, -0.2) is 28.3 Å². The van der Waals surface area contributed by atoms with Crippen molar-refractivity contribution in [3.8, 4) is 0 Å². The van der Waals surface area contributed by atoms with Crippen molar-refractivity contribution in [2.75, 3.05) is 0 Å². The van der Waals surface area contributed by atoms with E-state index in [1.54, 1.807) is 12.5 Å². The number of rotatable bonds is 1. The van der Waals surface area contributed by atoms with E-state index in [4.69, 9.17) is 9.31 Å². The Morgan fingerprint density at radius 2 is 1.74 bits per heavy atom. The van der Waals surface area contributed by atoms with Gasteiger partial charge in [-0.25, -0.2) is 9.97 Å². The minimum absolute atomic E-state index is 0.321. The first-order valence-electron chi connectivity index (χ1n) is 6.44. The Morgan fingerprint density at radius 3 is 2.42 bits per heavy atom. The molecule has 98 valence electrons. The van der Waals surface area contributed by atoms with E-state index in [0.29, 0.717) is 0 Å². The number of hydrogen-bond donors (Lipinski definition) is 0. The van der Waals surface area contributed by atoms with Gasteiger partial charge in [-0.3, -0.25) is 0 Å². The van der Waals surface area contributed by atoms with Gasteiger partial charge in [-0.05, 0) is 39.2 Å². The maximum Gasteiger partial charge on any atom is 0.494 e. The highest BCUT2D eigenvalue weighted by molar-refractivity contribution is 6.62. The molecule has 0 atom stereocenters. The molecular weight excluding hydrogens is 239 g/mol. The van der Waals surface area contributed by atoms with Crippen molar-refractivity contribution in [3.05, 3.63) is 30.7 Å². The summed E-state index contributed by atoms with van der Waals surface area (Å²) in [4.78, 5) is 8.28. The van der Waals surface area contributed by atoms with E-state index < -0.39 is 0 Å². The quantitative estimate of drug-likeness (QED) is 0.731. The summed E-state index contributed by atoms with van der Waals surface area (Å²) in [5, 5.41) is 1.02. The molecule has 0 bridgehead atoms. The summed E-state index contributed by atoms with van der Waals surface area (Å²) < 4.78 is 12.1. The van der Waals surface area contributed by atoms with E-state index in [2.05, 4.69) is 37.7 Å². The fourth-order valence-corrected chi connectivity index (χ4v) is 2.12. The predicted octanol–water partition coefficient (Wildman–Crippen LogP) is 1.93. The standard InChI is InChI=1S/C14H17BN2O2/c1-13(2)14(3,4)19-15(18-13)11-6-5-10-8-16-9-17-12(10)7-11/h5-9H,1-4H3. The Morgan fingerprint density at radius 1 is 1.05 bits per heavy atom. The minimum atomic E-state index is -0.343. The maximum atomic E-state index is 6.03. The summed E-state index contributed by atoms with van der Waals surface area (Å²) in [5.74, 6) is 0. The molecule has 2 aromatic rings. The summed E-state index contributed by atoms with van der Waals surface area (Å²) in [6, 6.07) is 6.00. The van der Waals surface area contributed by atoms with Gasteiger partial charge in [0, 0.05) is 11.6 Å². The van der Waals surface area contributed by atoms with Gasteiger partial charge < -0.3 is 9.31 Å². The lowest BCUT2D eigenvalue weighted by atomic mass is 9.79. The van der Waals surface area contributed by atoms with Crippen molar-refractivity contribution >= 4 is 23.5 Å². The molecule has 4 nitrogen and oxygen atoms in total. The molecule has 1 aliphatic heterocycles. The Bertz CT molecular complexity index is 612. The van der Waals surface area contributed by atoms with Gasteiger partial charge in [-0.1, -0.05) is 12.1 Å². The molecule has 19 heavy (non-hydrogen) atoms. The third-order valence-electron chi connectivity index (χ3n) is 4.06. The highest BCUT2D eigenvalue weighted by atomic mass is 16.7. The van der Waals surface area contributed by atoms with Crippen LogP contribution in [0, 0.1) is 0 Å². The smallest absolute Gasteiger partial charge is 0.399 e. The van der Waals surface area contributed by atoms with Gasteiger partial charge in [-0.2, -0.15) is 0 Å². The molecule has 1 aromatic carbocycles. The van der Waals surface area contributed by atoms with Crippen molar-refractivity contribution in [3.63, 3.8) is 0 Å². The van der Waals surface area contributed by atoms with Crippen LogP contribution < -0.4 is 5.46 Å². The normalized spacial score (nSPS) is 20.9. The van der Waals surface area contributed by atoms with Crippen LogP contribution in [0.2, 0.25) is 0 Å². The molecule has 0 radical (unpaired) electrons. The average Bonchev–Trinajstić information content (AvgIpc) is 2.58. The maximum absolute atomic E-state index is 6.03. The summed E-state index contributed by atoms with van der Waals surface area (Å²) in [7, 11) is -0.343. The van der Waals surface area contributed by atoms with E-state index >= 15 is 0 Å². The monoisotopic (exact) mass is 256 g/mol. The van der Waals surface area contributed by atoms with E-state index in [9.17, 15) is 0 Å². The van der Waals surface area contributed by atoms with Gasteiger partial charge in [-0.15, -0.1) is 0 Å². The number of hydrogen-bond acceptors (Lipinski definition) is 4. The molecule has 0 unspecified atom stereocenters. The fraction of sp³-hybridized carbons (Fsp3) is 0.429. The van der Waals surface area contributed by atoms with Crippen LogP contribution in [0.4, 0.5) is 0 Å². The van der Waals surface area contributed by atoms with Crippen LogP contribution in [0.15, 0.2) is 30.7 Å². The van der Waals surface area contributed by atoms with Crippen molar-refractivity contribution in [2.45, 2.75) is 38.9 Å². The van der Waals surface area contributed by atoms with E-state index in [1.807, 2.05) is 18.2 Å². The number of nitrogens with zero attached hydrogens (tertiary/aromatic N) is 2. The lowest BCUT2D eigenvalue weighted by molar-refractivity contribution is 0.00578. The van der Waals surface area contributed by atoms with Crippen LogP contribution in [0.5, 0.6) is 0 Å². The van der Waals surface area contributed by atoms with Gasteiger partial charge in [0.05, 0.1) is 16.7 Å². The molecule has 1 saturated heterocycles. The van der Waals surface area contributed by atoms with Gasteiger partial charge in [0.1, 0.15) is 6.33 Å². The Hall–Kier alpha value is -1.46. The highest BCUT2D eigenvalue weighted by Gasteiger charge is 2.51. The summed E-state index contributed by atoms with van der Waals surface area (Å²) in [6.45, 7) is 8.21. The molecule has 0 spiro atoms. The van der Waals surface area contributed by atoms with Crippen LogP contribution in [-0.2, 0) is 9.31 Å². The van der Waals surface area contributed by atoms with E-state index in [1.165, 1.54) is 0 Å². The first-order valence-corrected chi connectivity index (χ1v) is 6.44. The molecule has 3 rings (SSSR count). The Labute approximate surface area is 113 Å². The lowest BCUT2D eigenvalue weighted by Crippen LogP contribution is -2.41. The highest BCUT2D eigenvalue weighted by Crippen LogP contribution is 2.36. The van der Waals surface area contributed by atoms with E-state index in [0.717, 1.165) is 16.4 Å². The van der Waals surface area contributed by atoms with Gasteiger partial charge in [0.15, 0.2) is 0 Å². The first kappa shape index (κ1) is 12.6. The van der Waals surface area contributed by atoms with E-state index in [-0.39, 0.29) is 18.3 Å².